The summed E-state index contributed by atoms with van der Waals surface area (Å²) in [6.07, 6.45) is 3.11. The monoisotopic (exact) mass is 296 g/mol. The molecule has 1 aliphatic rings. The van der Waals surface area contributed by atoms with Gasteiger partial charge in [0.05, 0.1) is 7.11 Å². The first-order valence-corrected chi connectivity index (χ1v) is 6.99. The Balaban J connectivity index is 1.89. The van der Waals surface area contributed by atoms with Crippen molar-refractivity contribution in [2.75, 3.05) is 7.11 Å². The van der Waals surface area contributed by atoms with Crippen LogP contribution in [-0.4, -0.2) is 13.1 Å². The Morgan fingerprint density at radius 3 is 2.68 bits per heavy atom. The van der Waals surface area contributed by atoms with E-state index in [0.29, 0.717) is 18.1 Å². The van der Waals surface area contributed by atoms with Gasteiger partial charge >= 0.3 is 5.97 Å². The van der Waals surface area contributed by atoms with Gasteiger partial charge in [0, 0.05) is 17.2 Å². The minimum atomic E-state index is -0.356. The molecule has 0 fully saturated rings. The standard InChI is InChI=1S/C18H16O4/c1-20-18-15-8-10-17(19)22-12-14(15)7-9-16(18)21-11-13-5-3-2-4-6-13/h2-10H,11-12H2,1H3. The Hall–Kier alpha value is -2.75. The van der Waals surface area contributed by atoms with E-state index in [1.54, 1.807) is 13.2 Å². The van der Waals surface area contributed by atoms with Crippen LogP contribution in [0.1, 0.15) is 16.7 Å². The van der Waals surface area contributed by atoms with E-state index in [-0.39, 0.29) is 12.6 Å². The number of rotatable bonds is 4. The number of hydrogen-bond acceptors (Lipinski definition) is 4. The molecular formula is C18H16O4. The number of fused-ring (bicyclic) bond motifs is 1. The summed E-state index contributed by atoms with van der Waals surface area (Å²) in [5.41, 5.74) is 2.79. The number of ether oxygens (including phenoxy) is 3. The van der Waals surface area contributed by atoms with E-state index in [0.717, 1.165) is 16.7 Å². The molecule has 0 saturated heterocycles. The Bertz CT molecular complexity index is 705. The lowest BCUT2D eigenvalue weighted by Crippen LogP contribution is -2.02. The number of carbonyl (C=O) groups excluding carboxylic acids is 1. The summed E-state index contributed by atoms with van der Waals surface area (Å²) < 4.78 is 16.4. The molecule has 1 heterocycles. The van der Waals surface area contributed by atoms with Crippen molar-refractivity contribution >= 4 is 12.0 Å². The van der Waals surface area contributed by atoms with Crippen LogP contribution in [0.2, 0.25) is 0 Å². The van der Waals surface area contributed by atoms with Crippen LogP contribution in [0.5, 0.6) is 11.5 Å². The smallest absolute Gasteiger partial charge is 0.331 e. The molecule has 0 amide bonds. The Morgan fingerprint density at radius 2 is 1.91 bits per heavy atom. The maximum atomic E-state index is 11.4. The summed E-state index contributed by atoms with van der Waals surface area (Å²) in [5, 5.41) is 0. The van der Waals surface area contributed by atoms with Crippen molar-refractivity contribution < 1.29 is 19.0 Å². The van der Waals surface area contributed by atoms with Crippen LogP contribution in [0.4, 0.5) is 0 Å². The average molecular weight is 296 g/mol. The molecular weight excluding hydrogens is 280 g/mol. The molecule has 0 bridgehead atoms. The molecule has 4 nitrogen and oxygen atoms in total. The summed E-state index contributed by atoms with van der Waals surface area (Å²) in [4.78, 5) is 11.4. The summed E-state index contributed by atoms with van der Waals surface area (Å²) in [5.74, 6) is 0.900. The van der Waals surface area contributed by atoms with Crippen molar-refractivity contribution in [2.24, 2.45) is 0 Å². The molecule has 2 aromatic rings. The van der Waals surface area contributed by atoms with Gasteiger partial charge in [-0.2, -0.15) is 0 Å². The number of methoxy groups -OCH3 is 1. The average Bonchev–Trinajstić information content (AvgIpc) is 2.75. The van der Waals surface area contributed by atoms with E-state index in [2.05, 4.69) is 0 Å². The highest BCUT2D eigenvalue weighted by atomic mass is 16.5. The minimum absolute atomic E-state index is 0.233. The molecule has 0 spiro atoms. The number of esters is 1. The third kappa shape index (κ3) is 2.96. The Labute approximate surface area is 128 Å². The fraction of sp³-hybridized carbons (Fsp3) is 0.167. The molecule has 3 rings (SSSR count). The van der Waals surface area contributed by atoms with Gasteiger partial charge in [-0.05, 0) is 17.7 Å². The zero-order valence-electron chi connectivity index (χ0n) is 12.2. The van der Waals surface area contributed by atoms with Crippen LogP contribution in [0.3, 0.4) is 0 Å². The maximum absolute atomic E-state index is 11.4. The molecule has 0 aromatic heterocycles. The van der Waals surface area contributed by atoms with E-state index < -0.39 is 0 Å². The van der Waals surface area contributed by atoms with E-state index in [1.807, 2.05) is 42.5 Å². The summed E-state index contributed by atoms with van der Waals surface area (Å²) in [7, 11) is 1.59. The fourth-order valence-corrected chi connectivity index (χ4v) is 2.34. The highest BCUT2D eigenvalue weighted by Gasteiger charge is 2.17. The highest BCUT2D eigenvalue weighted by Crippen LogP contribution is 2.36. The lowest BCUT2D eigenvalue weighted by atomic mass is 10.1. The van der Waals surface area contributed by atoms with Crippen molar-refractivity contribution in [1.82, 2.24) is 0 Å². The predicted octanol–water partition coefficient (Wildman–Crippen LogP) is 3.34. The van der Waals surface area contributed by atoms with E-state index in [1.165, 1.54) is 6.08 Å². The third-order valence-electron chi connectivity index (χ3n) is 3.45. The van der Waals surface area contributed by atoms with Crippen molar-refractivity contribution in [3.63, 3.8) is 0 Å². The zero-order chi connectivity index (χ0) is 15.4. The van der Waals surface area contributed by atoms with E-state index in [9.17, 15) is 4.79 Å². The molecule has 0 unspecified atom stereocenters. The largest absolute Gasteiger partial charge is 0.492 e. The van der Waals surface area contributed by atoms with Crippen LogP contribution in [0.25, 0.3) is 6.08 Å². The molecule has 2 aromatic carbocycles. The van der Waals surface area contributed by atoms with Gasteiger partial charge in [0.25, 0.3) is 0 Å². The minimum Gasteiger partial charge on any atom is -0.492 e. The number of benzene rings is 2. The van der Waals surface area contributed by atoms with E-state index >= 15 is 0 Å². The van der Waals surface area contributed by atoms with Crippen LogP contribution < -0.4 is 9.47 Å². The van der Waals surface area contributed by atoms with Crippen LogP contribution in [-0.2, 0) is 22.7 Å². The van der Waals surface area contributed by atoms with Crippen molar-refractivity contribution in [2.45, 2.75) is 13.2 Å². The molecule has 0 atom stereocenters. The maximum Gasteiger partial charge on any atom is 0.331 e. The fourth-order valence-electron chi connectivity index (χ4n) is 2.34. The normalized spacial score (nSPS) is 13.0. The molecule has 0 aliphatic carbocycles. The van der Waals surface area contributed by atoms with Gasteiger partial charge in [-0.1, -0.05) is 36.4 Å². The number of carbonyl (C=O) groups is 1. The molecule has 4 heteroatoms. The predicted molar refractivity (Wildman–Crippen MR) is 82.6 cm³/mol. The van der Waals surface area contributed by atoms with Gasteiger partial charge in [0.1, 0.15) is 13.2 Å². The van der Waals surface area contributed by atoms with Crippen LogP contribution in [0, 0.1) is 0 Å². The first-order chi connectivity index (χ1) is 10.8. The van der Waals surface area contributed by atoms with Gasteiger partial charge in [-0.25, -0.2) is 4.79 Å². The summed E-state index contributed by atoms with van der Waals surface area (Å²) in [6, 6.07) is 13.6. The Morgan fingerprint density at radius 1 is 1.09 bits per heavy atom. The number of hydrogen-bond donors (Lipinski definition) is 0. The van der Waals surface area contributed by atoms with Crippen molar-refractivity contribution in [1.29, 1.82) is 0 Å². The number of cyclic esters (lactones) is 1. The van der Waals surface area contributed by atoms with Gasteiger partial charge in [0.2, 0.25) is 0 Å². The first-order valence-electron chi connectivity index (χ1n) is 6.99. The Kier molecular flexibility index (Phi) is 4.10. The van der Waals surface area contributed by atoms with Gasteiger partial charge < -0.3 is 14.2 Å². The third-order valence-corrected chi connectivity index (χ3v) is 3.45. The summed E-state index contributed by atoms with van der Waals surface area (Å²) >= 11 is 0. The second-order valence-corrected chi connectivity index (χ2v) is 4.89. The quantitative estimate of drug-likeness (QED) is 0.812. The van der Waals surface area contributed by atoms with Crippen LogP contribution in [0.15, 0.2) is 48.5 Å². The lowest BCUT2D eigenvalue weighted by Gasteiger charge is -2.15. The van der Waals surface area contributed by atoms with Gasteiger partial charge in [0.15, 0.2) is 11.5 Å². The van der Waals surface area contributed by atoms with Crippen molar-refractivity contribution in [3.8, 4) is 11.5 Å². The van der Waals surface area contributed by atoms with Crippen LogP contribution >= 0.6 is 0 Å². The molecule has 0 radical (unpaired) electrons. The molecule has 0 saturated carbocycles. The highest BCUT2D eigenvalue weighted by molar-refractivity contribution is 5.89. The molecule has 112 valence electrons. The summed E-state index contributed by atoms with van der Waals surface area (Å²) in [6.45, 7) is 0.686. The van der Waals surface area contributed by atoms with Gasteiger partial charge in [-0.3, -0.25) is 0 Å². The molecule has 1 aliphatic heterocycles. The SMILES string of the molecule is COc1c(OCc2ccccc2)ccc2c1C=CC(=O)OC2. The first kappa shape index (κ1) is 14.2. The topological polar surface area (TPSA) is 44.8 Å². The second-order valence-electron chi connectivity index (χ2n) is 4.89. The van der Waals surface area contributed by atoms with Gasteiger partial charge in [-0.15, -0.1) is 0 Å². The zero-order valence-corrected chi connectivity index (χ0v) is 12.2. The van der Waals surface area contributed by atoms with E-state index in [4.69, 9.17) is 14.2 Å². The molecule has 22 heavy (non-hydrogen) atoms. The second kappa shape index (κ2) is 6.35. The van der Waals surface area contributed by atoms with Crippen molar-refractivity contribution in [3.05, 3.63) is 65.2 Å². The lowest BCUT2D eigenvalue weighted by molar-refractivity contribution is -0.138. The molecule has 0 N–H and O–H groups in total.